The second kappa shape index (κ2) is 9.77. The first-order valence-electron chi connectivity index (χ1n) is 6.51. The first kappa shape index (κ1) is 16.8. The molecule has 0 aliphatic carbocycles. The molecular weight excluding hydrogens is 232 g/mol. The highest BCUT2D eigenvalue weighted by Crippen LogP contribution is 2.14. The second-order valence-corrected chi connectivity index (χ2v) is 5.97. The van der Waals surface area contributed by atoms with Gasteiger partial charge in [0.2, 0.25) is 5.91 Å². The smallest absolute Gasteiger partial charge is 0.220 e. The number of amides is 1. The number of nitrogens with two attached hydrogens (primary N) is 1. The molecule has 0 aliphatic heterocycles. The molecule has 4 heteroatoms. The van der Waals surface area contributed by atoms with Crippen LogP contribution in [0.4, 0.5) is 0 Å². The van der Waals surface area contributed by atoms with Crippen LogP contribution in [-0.4, -0.2) is 30.5 Å². The van der Waals surface area contributed by atoms with E-state index in [1.165, 1.54) is 0 Å². The van der Waals surface area contributed by atoms with Gasteiger partial charge in [-0.15, -0.1) is 0 Å². The van der Waals surface area contributed by atoms with Crippen molar-refractivity contribution < 1.29 is 4.79 Å². The largest absolute Gasteiger partial charge is 0.353 e. The molecule has 0 spiro atoms. The molecule has 3 nitrogen and oxygen atoms in total. The second-order valence-electron chi connectivity index (χ2n) is 5.06. The lowest BCUT2D eigenvalue weighted by Gasteiger charge is -2.20. The van der Waals surface area contributed by atoms with Gasteiger partial charge in [-0.25, -0.2) is 0 Å². The van der Waals surface area contributed by atoms with E-state index in [1.54, 1.807) is 11.8 Å². The average molecular weight is 260 g/mol. The quantitative estimate of drug-likeness (QED) is 0.668. The number of nitrogens with one attached hydrogen (secondary N) is 1. The number of carbonyl (C=O) groups excluding carboxylic acids is 1. The van der Waals surface area contributed by atoms with Gasteiger partial charge in [-0.2, -0.15) is 11.8 Å². The molecule has 0 bridgehead atoms. The molecule has 0 saturated heterocycles. The van der Waals surface area contributed by atoms with E-state index >= 15 is 0 Å². The molecule has 3 N–H and O–H groups in total. The third-order valence-electron chi connectivity index (χ3n) is 2.84. The van der Waals surface area contributed by atoms with Crippen molar-refractivity contribution in [3.05, 3.63) is 0 Å². The Morgan fingerprint density at radius 3 is 2.47 bits per heavy atom. The van der Waals surface area contributed by atoms with Crippen molar-refractivity contribution in [1.82, 2.24) is 5.32 Å². The van der Waals surface area contributed by atoms with Gasteiger partial charge in [0, 0.05) is 18.2 Å². The number of carbonyl (C=O) groups is 1. The van der Waals surface area contributed by atoms with Crippen LogP contribution in [-0.2, 0) is 4.79 Å². The highest BCUT2D eigenvalue weighted by molar-refractivity contribution is 7.98. The highest BCUT2D eigenvalue weighted by Gasteiger charge is 2.16. The summed E-state index contributed by atoms with van der Waals surface area (Å²) in [6.45, 7) is 7.05. The van der Waals surface area contributed by atoms with E-state index in [1.807, 2.05) is 0 Å². The van der Waals surface area contributed by atoms with Gasteiger partial charge in [-0.1, -0.05) is 20.8 Å². The van der Waals surface area contributed by atoms with E-state index in [4.69, 9.17) is 5.73 Å². The van der Waals surface area contributed by atoms with E-state index in [0.29, 0.717) is 30.8 Å². The predicted molar refractivity (Wildman–Crippen MR) is 77.2 cm³/mol. The molecule has 17 heavy (non-hydrogen) atoms. The summed E-state index contributed by atoms with van der Waals surface area (Å²) in [5.74, 6) is 2.06. The first-order chi connectivity index (χ1) is 8.03. The zero-order valence-corrected chi connectivity index (χ0v) is 12.5. The molecule has 0 heterocycles. The van der Waals surface area contributed by atoms with Gasteiger partial charge in [-0.3, -0.25) is 4.79 Å². The van der Waals surface area contributed by atoms with Crippen LogP contribution in [0.3, 0.4) is 0 Å². The maximum Gasteiger partial charge on any atom is 0.220 e. The molecule has 0 aromatic rings. The number of rotatable bonds is 9. The summed E-state index contributed by atoms with van der Waals surface area (Å²) >= 11 is 1.77. The topological polar surface area (TPSA) is 55.1 Å². The van der Waals surface area contributed by atoms with Gasteiger partial charge in [0.15, 0.2) is 0 Å². The number of thioether (sulfide) groups is 1. The van der Waals surface area contributed by atoms with Gasteiger partial charge in [-0.05, 0) is 37.5 Å². The van der Waals surface area contributed by atoms with Crippen LogP contribution >= 0.6 is 11.8 Å². The Morgan fingerprint density at radius 2 is 2.06 bits per heavy atom. The lowest BCUT2D eigenvalue weighted by atomic mass is 9.94. The molecule has 0 aromatic heterocycles. The predicted octanol–water partition coefficient (Wildman–Crippen LogP) is 2.26. The molecule has 0 radical (unpaired) electrons. The summed E-state index contributed by atoms with van der Waals surface area (Å²) in [7, 11) is 0. The van der Waals surface area contributed by atoms with Crippen molar-refractivity contribution in [3.63, 3.8) is 0 Å². The molecular formula is C13H28N2OS. The Hall–Kier alpha value is -0.220. The van der Waals surface area contributed by atoms with Gasteiger partial charge < -0.3 is 11.1 Å². The van der Waals surface area contributed by atoms with Crippen molar-refractivity contribution in [3.8, 4) is 0 Å². The van der Waals surface area contributed by atoms with Gasteiger partial charge in [0.1, 0.15) is 0 Å². The molecule has 102 valence electrons. The zero-order chi connectivity index (χ0) is 13.3. The summed E-state index contributed by atoms with van der Waals surface area (Å²) in [5.41, 5.74) is 5.71. The third-order valence-corrected chi connectivity index (χ3v) is 3.57. The normalized spacial score (nSPS) is 14.7. The maximum atomic E-state index is 11.9. The van der Waals surface area contributed by atoms with Crippen LogP contribution in [0.15, 0.2) is 0 Å². The lowest BCUT2D eigenvalue weighted by molar-refractivity contribution is -0.122. The summed E-state index contributed by atoms with van der Waals surface area (Å²) < 4.78 is 0. The Kier molecular flexibility index (Phi) is 9.65. The van der Waals surface area contributed by atoms with E-state index < -0.39 is 0 Å². The standard InChI is InChI=1S/C13H28N2OS/c1-5-12(9-17-4)15-13(16)7-11(8-14)6-10(2)3/h10-12H,5-9,14H2,1-4H3,(H,15,16)/t11-,12?/m0/s1. The molecule has 0 aromatic carbocycles. The molecule has 1 unspecified atom stereocenters. The summed E-state index contributed by atoms with van der Waals surface area (Å²) in [5, 5.41) is 3.09. The van der Waals surface area contributed by atoms with E-state index in [0.717, 1.165) is 18.6 Å². The third kappa shape index (κ3) is 8.50. The van der Waals surface area contributed by atoms with Gasteiger partial charge in [0.25, 0.3) is 0 Å². The summed E-state index contributed by atoms with van der Waals surface area (Å²) in [6, 6.07) is 0.301. The average Bonchev–Trinajstić information content (AvgIpc) is 2.26. The minimum Gasteiger partial charge on any atom is -0.353 e. The van der Waals surface area contributed by atoms with E-state index in [2.05, 4.69) is 32.3 Å². The molecule has 0 saturated carbocycles. The van der Waals surface area contributed by atoms with Crippen LogP contribution in [0.5, 0.6) is 0 Å². The van der Waals surface area contributed by atoms with Crippen LogP contribution in [0, 0.1) is 11.8 Å². The van der Waals surface area contributed by atoms with Crippen molar-refractivity contribution in [2.75, 3.05) is 18.6 Å². The van der Waals surface area contributed by atoms with Crippen LogP contribution in [0.1, 0.15) is 40.0 Å². The minimum absolute atomic E-state index is 0.155. The number of hydrogen-bond acceptors (Lipinski definition) is 3. The lowest BCUT2D eigenvalue weighted by Crippen LogP contribution is -2.38. The van der Waals surface area contributed by atoms with Gasteiger partial charge in [0.05, 0.1) is 0 Å². The summed E-state index contributed by atoms with van der Waals surface area (Å²) in [4.78, 5) is 11.9. The maximum absolute atomic E-state index is 11.9. The number of hydrogen-bond donors (Lipinski definition) is 2. The van der Waals surface area contributed by atoms with Crippen molar-refractivity contribution in [1.29, 1.82) is 0 Å². The fourth-order valence-electron chi connectivity index (χ4n) is 1.94. The Labute approximate surface area is 110 Å². The fraction of sp³-hybridized carbons (Fsp3) is 0.923. The Morgan fingerprint density at radius 1 is 1.41 bits per heavy atom. The Bertz CT molecular complexity index is 210. The van der Waals surface area contributed by atoms with E-state index in [-0.39, 0.29) is 5.91 Å². The Balaban J connectivity index is 4.04. The molecule has 0 rings (SSSR count). The molecule has 0 aliphatic rings. The van der Waals surface area contributed by atoms with Crippen molar-refractivity contribution in [2.24, 2.45) is 17.6 Å². The molecule has 1 amide bonds. The summed E-state index contributed by atoms with van der Waals surface area (Å²) in [6.07, 6.45) is 4.66. The van der Waals surface area contributed by atoms with Crippen molar-refractivity contribution >= 4 is 17.7 Å². The van der Waals surface area contributed by atoms with E-state index in [9.17, 15) is 4.79 Å². The van der Waals surface area contributed by atoms with Gasteiger partial charge >= 0.3 is 0 Å². The zero-order valence-electron chi connectivity index (χ0n) is 11.7. The van der Waals surface area contributed by atoms with Crippen LogP contribution in [0.2, 0.25) is 0 Å². The SMILES string of the molecule is CCC(CSC)NC(=O)C[C@@H](CN)CC(C)C. The van der Waals surface area contributed by atoms with Crippen LogP contribution in [0.25, 0.3) is 0 Å². The van der Waals surface area contributed by atoms with Crippen molar-refractivity contribution in [2.45, 2.75) is 46.1 Å². The molecule has 0 fully saturated rings. The first-order valence-corrected chi connectivity index (χ1v) is 7.91. The highest BCUT2D eigenvalue weighted by atomic mass is 32.2. The minimum atomic E-state index is 0.155. The van der Waals surface area contributed by atoms with Crippen LogP contribution < -0.4 is 11.1 Å². The fourth-order valence-corrected chi connectivity index (χ4v) is 2.66. The monoisotopic (exact) mass is 260 g/mol. The molecule has 2 atom stereocenters.